The Kier molecular flexibility index (Phi) is 4.29. The summed E-state index contributed by atoms with van der Waals surface area (Å²) in [5, 5.41) is 4.28. The second-order valence-corrected chi connectivity index (χ2v) is 4.36. The van der Waals surface area contributed by atoms with Crippen LogP contribution < -0.4 is 5.73 Å². The fourth-order valence-corrected chi connectivity index (χ4v) is 1.31. The monoisotopic (exact) mass is 211 g/mol. The van der Waals surface area contributed by atoms with Gasteiger partial charge in [-0.15, -0.1) is 0 Å². The lowest BCUT2D eigenvalue weighted by molar-refractivity contribution is 0.0113. The molecule has 0 aliphatic rings. The SMILES string of the molecule is COC(C)(C)CCn1cc(CCN)cn1. The summed E-state index contributed by atoms with van der Waals surface area (Å²) >= 11 is 0. The van der Waals surface area contributed by atoms with E-state index in [-0.39, 0.29) is 5.60 Å². The zero-order chi connectivity index (χ0) is 11.3. The molecule has 4 nitrogen and oxygen atoms in total. The first-order chi connectivity index (χ1) is 7.07. The highest BCUT2D eigenvalue weighted by atomic mass is 16.5. The average molecular weight is 211 g/mol. The average Bonchev–Trinajstić information content (AvgIpc) is 2.64. The van der Waals surface area contributed by atoms with Gasteiger partial charge in [-0.2, -0.15) is 5.10 Å². The molecular weight excluding hydrogens is 190 g/mol. The number of nitrogens with zero attached hydrogens (tertiary/aromatic N) is 2. The number of nitrogens with two attached hydrogens (primary N) is 1. The maximum atomic E-state index is 5.48. The van der Waals surface area contributed by atoms with Gasteiger partial charge in [-0.25, -0.2) is 0 Å². The van der Waals surface area contributed by atoms with Crippen molar-refractivity contribution in [2.75, 3.05) is 13.7 Å². The number of rotatable bonds is 6. The summed E-state index contributed by atoms with van der Waals surface area (Å²) in [6.45, 7) is 5.72. The highest BCUT2D eigenvalue weighted by Gasteiger charge is 2.15. The van der Waals surface area contributed by atoms with Crippen molar-refractivity contribution in [3.63, 3.8) is 0 Å². The molecule has 0 aliphatic carbocycles. The van der Waals surface area contributed by atoms with E-state index < -0.39 is 0 Å². The fraction of sp³-hybridized carbons (Fsp3) is 0.727. The van der Waals surface area contributed by atoms with E-state index >= 15 is 0 Å². The molecule has 1 aromatic rings. The van der Waals surface area contributed by atoms with Gasteiger partial charge in [-0.3, -0.25) is 4.68 Å². The number of hydrogen-bond acceptors (Lipinski definition) is 3. The van der Waals surface area contributed by atoms with Gasteiger partial charge in [-0.05, 0) is 38.8 Å². The molecule has 1 aromatic heterocycles. The quantitative estimate of drug-likeness (QED) is 0.769. The van der Waals surface area contributed by atoms with Gasteiger partial charge in [0.25, 0.3) is 0 Å². The molecule has 15 heavy (non-hydrogen) atoms. The predicted molar refractivity (Wildman–Crippen MR) is 60.7 cm³/mol. The van der Waals surface area contributed by atoms with Crippen molar-refractivity contribution < 1.29 is 4.74 Å². The van der Waals surface area contributed by atoms with Crippen molar-refractivity contribution >= 4 is 0 Å². The molecular formula is C11H21N3O. The zero-order valence-corrected chi connectivity index (χ0v) is 9.86. The van der Waals surface area contributed by atoms with E-state index in [0.29, 0.717) is 6.54 Å². The predicted octanol–water partition coefficient (Wildman–Crippen LogP) is 1.20. The molecule has 0 saturated heterocycles. The summed E-state index contributed by atoms with van der Waals surface area (Å²) in [6.07, 6.45) is 5.78. The minimum atomic E-state index is -0.0834. The lowest BCUT2D eigenvalue weighted by atomic mass is 10.1. The Balaban J connectivity index is 2.44. The van der Waals surface area contributed by atoms with Gasteiger partial charge in [0.15, 0.2) is 0 Å². The second kappa shape index (κ2) is 5.28. The largest absolute Gasteiger partial charge is 0.379 e. The zero-order valence-electron chi connectivity index (χ0n) is 9.86. The molecule has 0 saturated carbocycles. The number of ether oxygens (including phenoxy) is 1. The van der Waals surface area contributed by atoms with Crippen LogP contribution in [0, 0.1) is 0 Å². The summed E-state index contributed by atoms with van der Waals surface area (Å²) in [5.41, 5.74) is 6.60. The Morgan fingerprint density at radius 3 is 2.87 bits per heavy atom. The summed E-state index contributed by atoms with van der Waals surface area (Å²) in [7, 11) is 1.74. The number of aryl methyl sites for hydroxylation is 1. The van der Waals surface area contributed by atoms with Gasteiger partial charge < -0.3 is 10.5 Å². The molecule has 2 N–H and O–H groups in total. The van der Waals surface area contributed by atoms with Crippen molar-refractivity contribution in [1.82, 2.24) is 9.78 Å². The molecule has 0 radical (unpaired) electrons. The molecule has 0 amide bonds. The van der Waals surface area contributed by atoms with Crippen LogP contribution in [-0.2, 0) is 17.7 Å². The summed E-state index contributed by atoms with van der Waals surface area (Å²) in [4.78, 5) is 0. The van der Waals surface area contributed by atoms with Crippen molar-refractivity contribution in [2.45, 2.75) is 38.8 Å². The minimum absolute atomic E-state index is 0.0834. The van der Waals surface area contributed by atoms with Gasteiger partial charge >= 0.3 is 0 Å². The Morgan fingerprint density at radius 1 is 1.53 bits per heavy atom. The summed E-state index contributed by atoms with van der Waals surface area (Å²) in [5.74, 6) is 0. The normalized spacial score (nSPS) is 12.0. The maximum Gasteiger partial charge on any atom is 0.0640 e. The van der Waals surface area contributed by atoms with Crippen LogP contribution in [0.1, 0.15) is 25.8 Å². The molecule has 0 fully saturated rings. The Bertz CT molecular complexity index is 294. The third-order valence-electron chi connectivity index (χ3n) is 2.62. The molecule has 4 heteroatoms. The molecule has 0 aliphatic heterocycles. The minimum Gasteiger partial charge on any atom is -0.379 e. The molecule has 0 bridgehead atoms. The lowest BCUT2D eigenvalue weighted by Gasteiger charge is -2.22. The molecule has 0 spiro atoms. The van der Waals surface area contributed by atoms with Crippen LogP contribution in [-0.4, -0.2) is 29.0 Å². The van der Waals surface area contributed by atoms with Gasteiger partial charge in [-0.1, -0.05) is 0 Å². The molecule has 0 unspecified atom stereocenters. The van der Waals surface area contributed by atoms with Crippen LogP contribution in [0.25, 0.3) is 0 Å². The molecule has 1 heterocycles. The van der Waals surface area contributed by atoms with Crippen LogP contribution in [0.3, 0.4) is 0 Å². The smallest absolute Gasteiger partial charge is 0.0640 e. The summed E-state index contributed by atoms with van der Waals surface area (Å²) in [6, 6.07) is 0. The van der Waals surface area contributed by atoms with E-state index in [2.05, 4.69) is 25.1 Å². The lowest BCUT2D eigenvalue weighted by Crippen LogP contribution is -2.24. The second-order valence-electron chi connectivity index (χ2n) is 4.36. The van der Waals surface area contributed by atoms with Crippen molar-refractivity contribution in [1.29, 1.82) is 0 Å². The van der Waals surface area contributed by atoms with E-state index in [0.717, 1.165) is 19.4 Å². The molecule has 0 atom stereocenters. The van der Waals surface area contributed by atoms with Crippen LogP contribution in [0.4, 0.5) is 0 Å². The van der Waals surface area contributed by atoms with E-state index in [1.54, 1.807) is 7.11 Å². The van der Waals surface area contributed by atoms with Gasteiger partial charge in [0, 0.05) is 19.9 Å². The third-order valence-corrected chi connectivity index (χ3v) is 2.62. The molecule has 0 aromatic carbocycles. The highest BCUT2D eigenvalue weighted by molar-refractivity contribution is 5.04. The first kappa shape index (κ1) is 12.2. The van der Waals surface area contributed by atoms with Crippen molar-refractivity contribution in [2.24, 2.45) is 5.73 Å². The van der Waals surface area contributed by atoms with Crippen LogP contribution >= 0.6 is 0 Å². The van der Waals surface area contributed by atoms with Crippen LogP contribution in [0.15, 0.2) is 12.4 Å². The van der Waals surface area contributed by atoms with E-state index in [4.69, 9.17) is 10.5 Å². The number of hydrogen-bond donors (Lipinski definition) is 1. The van der Waals surface area contributed by atoms with Gasteiger partial charge in [0.05, 0.1) is 11.8 Å². The fourth-order valence-electron chi connectivity index (χ4n) is 1.31. The number of aromatic nitrogens is 2. The van der Waals surface area contributed by atoms with Crippen molar-refractivity contribution in [3.05, 3.63) is 18.0 Å². The number of methoxy groups -OCH3 is 1. The van der Waals surface area contributed by atoms with Crippen LogP contribution in [0.5, 0.6) is 0 Å². The Morgan fingerprint density at radius 2 is 2.27 bits per heavy atom. The Hall–Kier alpha value is -0.870. The van der Waals surface area contributed by atoms with Gasteiger partial charge in [0.1, 0.15) is 0 Å². The van der Waals surface area contributed by atoms with Crippen LogP contribution in [0.2, 0.25) is 0 Å². The van der Waals surface area contributed by atoms with E-state index in [9.17, 15) is 0 Å². The van der Waals surface area contributed by atoms with Gasteiger partial charge in [0.2, 0.25) is 0 Å². The highest BCUT2D eigenvalue weighted by Crippen LogP contribution is 2.13. The maximum absolute atomic E-state index is 5.48. The van der Waals surface area contributed by atoms with E-state index in [1.807, 2.05) is 10.9 Å². The summed E-state index contributed by atoms with van der Waals surface area (Å²) < 4.78 is 7.30. The first-order valence-electron chi connectivity index (χ1n) is 5.34. The standard InChI is InChI=1S/C11H21N3O/c1-11(2,15-3)5-7-14-9-10(4-6-12)8-13-14/h8-9H,4-7,12H2,1-3H3. The topological polar surface area (TPSA) is 53.1 Å². The first-order valence-corrected chi connectivity index (χ1v) is 5.34. The van der Waals surface area contributed by atoms with E-state index in [1.165, 1.54) is 5.56 Å². The molecule has 1 rings (SSSR count). The third kappa shape index (κ3) is 4.01. The van der Waals surface area contributed by atoms with Crippen molar-refractivity contribution in [3.8, 4) is 0 Å². The Labute approximate surface area is 91.4 Å². The molecule has 86 valence electrons.